The van der Waals surface area contributed by atoms with Crippen LogP contribution in [-0.2, 0) is 20.9 Å². The Balaban J connectivity index is 2.11. The molecule has 0 unspecified atom stereocenters. The molecule has 1 aromatic carbocycles. The lowest BCUT2D eigenvalue weighted by molar-refractivity contribution is -0.148. The number of nitrogens with one attached hydrogen (secondary N) is 1. The summed E-state index contributed by atoms with van der Waals surface area (Å²) in [5.74, 6) is -0.635. The summed E-state index contributed by atoms with van der Waals surface area (Å²) in [6, 6.07) is 3.95. The van der Waals surface area contributed by atoms with Crippen LogP contribution in [0.5, 0.6) is 5.75 Å². The number of halogens is 1. The van der Waals surface area contributed by atoms with E-state index < -0.39 is 17.8 Å². The molecule has 1 aliphatic rings. The minimum Gasteiger partial charge on any atom is -0.497 e. The Kier molecular flexibility index (Phi) is 5.92. The number of carbonyl (C=O) groups is 2. The number of ether oxygens (including phenoxy) is 2. The van der Waals surface area contributed by atoms with Gasteiger partial charge in [0, 0.05) is 31.3 Å². The molecule has 1 saturated heterocycles. The third-order valence-corrected chi connectivity index (χ3v) is 3.74. The monoisotopic (exact) mass is 324 g/mol. The smallest absolute Gasteiger partial charge is 0.307 e. The van der Waals surface area contributed by atoms with Crippen molar-refractivity contribution in [2.24, 2.45) is 0 Å². The number of methoxy groups -OCH3 is 1. The summed E-state index contributed by atoms with van der Waals surface area (Å²) in [5.41, 5.74) is 0.453. The first kappa shape index (κ1) is 17.2. The lowest BCUT2D eigenvalue weighted by Gasteiger charge is -2.34. The van der Waals surface area contributed by atoms with Crippen molar-refractivity contribution in [3.8, 4) is 5.75 Å². The van der Waals surface area contributed by atoms with Crippen LogP contribution >= 0.6 is 0 Å². The molecule has 6 nitrogen and oxygen atoms in total. The van der Waals surface area contributed by atoms with Crippen LogP contribution in [0.4, 0.5) is 4.39 Å². The standard InChI is InChI=1S/C16H21FN2O4/c1-3-23-15(20)9-14-16(21)18-6-7-19(14)10-11-4-5-12(22-2)8-13(11)17/h4-5,8,14H,3,6-7,9-10H2,1-2H3,(H,18,21)/t14-/m0/s1. The number of amides is 1. The van der Waals surface area contributed by atoms with Crippen LogP contribution in [0, 0.1) is 5.82 Å². The molecule has 23 heavy (non-hydrogen) atoms. The van der Waals surface area contributed by atoms with Crippen molar-refractivity contribution < 1.29 is 23.5 Å². The van der Waals surface area contributed by atoms with Gasteiger partial charge in [0.2, 0.25) is 5.91 Å². The van der Waals surface area contributed by atoms with E-state index in [1.165, 1.54) is 13.2 Å². The van der Waals surface area contributed by atoms with Gasteiger partial charge in [0.1, 0.15) is 17.6 Å². The van der Waals surface area contributed by atoms with Gasteiger partial charge < -0.3 is 14.8 Å². The van der Waals surface area contributed by atoms with Gasteiger partial charge in [0.15, 0.2) is 0 Å². The highest BCUT2D eigenvalue weighted by atomic mass is 19.1. The highest BCUT2D eigenvalue weighted by Gasteiger charge is 2.32. The van der Waals surface area contributed by atoms with Gasteiger partial charge in [-0.2, -0.15) is 0 Å². The molecule has 7 heteroatoms. The minimum absolute atomic E-state index is 0.0442. The first-order valence-electron chi connectivity index (χ1n) is 7.55. The van der Waals surface area contributed by atoms with E-state index in [4.69, 9.17) is 9.47 Å². The molecule has 1 aliphatic heterocycles. The van der Waals surface area contributed by atoms with Crippen molar-refractivity contribution in [2.45, 2.75) is 25.9 Å². The van der Waals surface area contributed by atoms with E-state index in [1.807, 2.05) is 0 Å². The molecule has 1 atom stereocenters. The molecule has 0 aromatic heterocycles. The van der Waals surface area contributed by atoms with E-state index in [0.29, 0.717) is 24.4 Å². The van der Waals surface area contributed by atoms with Gasteiger partial charge >= 0.3 is 5.97 Å². The Hall–Kier alpha value is -2.15. The largest absolute Gasteiger partial charge is 0.497 e. The van der Waals surface area contributed by atoms with Gasteiger partial charge in [-0.1, -0.05) is 6.07 Å². The Labute approximate surface area is 134 Å². The Morgan fingerprint density at radius 3 is 2.91 bits per heavy atom. The van der Waals surface area contributed by atoms with E-state index in [2.05, 4.69) is 5.32 Å². The predicted octanol–water partition coefficient (Wildman–Crippen LogP) is 1.09. The van der Waals surface area contributed by atoms with Crippen molar-refractivity contribution in [3.05, 3.63) is 29.6 Å². The summed E-state index contributed by atoms with van der Waals surface area (Å²) in [7, 11) is 1.47. The number of carbonyl (C=O) groups excluding carboxylic acids is 2. The number of benzene rings is 1. The molecule has 1 heterocycles. The van der Waals surface area contributed by atoms with Crippen molar-refractivity contribution in [1.82, 2.24) is 10.2 Å². The molecule has 1 N–H and O–H groups in total. The minimum atomic E-state index is -0.649. The number of hydrogen-bond acceptors (Lipinski definition) is 5. The van der Waals surface area contributed by atoms with Crippen LogP contribution in [-0.4, -0.2) is 49.6 Å². The second kappa shape index (κ2) is 7.92. The molecule has 0 saturated carbocycles. The maximum Gasteiger partial charge on any atom is 0.307 e. The Morgan fingerprint density at radius 2 is 2.26 bits per heavy atom. The highest BCUT2D eigenvalue weighted by molar-refractivity contribution is 5.87. The maximum absolute atomic E-state index is 14.1. The fourth-order valence-corrected chi connectivity index (χ4v) is 2.55. The second-order valence-electron chi connectivity index (χ2n) is 5.24. The molecule has 126 valence electrons. The summed E-state index contributed by atoms with van der Waals surface area (Å²) in [6.07, 6.45) is -0.0442. The van der Waals surface area contributed by atoms with Crippen LogP contribution in [0.15, 0.2) is 18.2 Å². The van der Waals surface area contributed by atoms with Gasteiger partial charge in [0.05, 0.1) is 20.1 Å². The fourth-order valence-electron chi connectivity index (χ4n) is 2.55. The number of piperazine rings is 1. The summed E-state index contributed by atoms with van der Waals surface area (Å²) < 4.78 is 24.0. The van der Waals surface area contributed by atoms with Crippen LogP contribution in [0.25, 0.3) is 0 Å². The molecule has 2 rings (SSSR count). The molecule has 1 amide bonds. The van der Waals surface area contributed by atoms with Gasteiger partial charge in [-0.25, -0.2) is 4.39 Å². The van der Waals surface area contributed by atoms with E-state index in [9.17, 15) is 14.0 Å². The first-order chi connectivity index (χ1) is 11.0. The average Bonchev–Trinajstić information content (AvgIpc) is 2.52. The van der Waals surface area contributed by atoms with E-state index in [1.54, 1.807) is 24.0 Å². The summed E-state index contributed by atoms with van der Waals surface area (Å²) >= 11 is 0. The summed E-state index contributed by atoms with van der Waals surface area (Å²) in [6.45, 7) is 3.23. The molecular formula is C16H21FN2O4. The quantitative estimate of drug-likeness (QED) is 0.794. The highest BCUT2D eigenvalue weighted by Crippen LogP contribution is 2.20. The average molecular weight is 324 g/mol. The van der Waals surface area contributed by atoms with Crippen molar-refractivity contribution >= 4 is 11.9 Å². The molecule has 0 aliphatic carbocycles. The zero-order chi connectivity index (χ0) is 16.8. The number of nitrogens with zero attached hydrogens (tertiary/aromatic N) is 1. The first-order valence-corrected chi connectivity index (χ1v) is 7.55. The summed E-state index contributed by atoms with van der Waals surface area (Å²) in [4.78, 5) is 25.5. The third-order valence-electron chi connectivity index (χ3n) is 3.74. The lowest BCUT2D eigenvalue weighted by atomic mass is 10.1. The van der Waals surface area contributed by atoms with E-state index in [-0.39, 0.29) is 25.5 Å². The molecule has 1 aromatic rings. The normalized spacial score (nSPS) is 18.4. The molecule has 0 spiro atoms. The molecule has 0 radical (unpaired) electrons. The van der Waals surface area contributed by atoms with Crippen LogP contribution < -0.4 is 10.1 Å². The fraction of sp³-hybridized carbons (Fsp3) is 0.500. The van der Waals surface area contributed by atoms with Crippen LogP contribution in [0.1, 0.15) is 18.9 Å². The zero-order valence-electron chi connectivity index (χ0n) is 13.3. The maximum atomic E-state index is 14.1. The van der Waals surface area contributed by atoms with Crippen LogP contribution in [0.2, 0.25) is 0 Å². The van der Waals surface area contributed by atoms with Gasteiger partial charge in [0.25, 0.3) is 0 Å². The Morgan fingerprint density at radius 1 is 1.48 bits per heavy atom. The van der Waals surface area contributed by atoms with E-state index >= 15 is 0 Å². The Bertz CT molecular complexity index is 579. The van der Waals surface area contributed by atoms with Crippen molar-refractivity contribution in [1.29, 1.82) is 0 Å². The number of rotatable bonds is 6. The van der Waals surface area contributed by atoms with Crippen molar-refractivity contribution in [3.63, 3.8) is 0 Å². The lowest BCUT2D eigenvalue weighted by Crippen LogP contribution is -2.55. The number of hydrogen-bond donors (Lipinski definition) is 1. The third kappa shape index (κ3) is 4.41. The van der Waals surface area contributed by atoms with Gasteiger partial charge in [-0.05, 0) is 13.0 Å². The molecule has 1 fully saturated rings. The second-order valence-corrected chi connectivity index (χ2v) is 5.24. The molecule has 0 bridgehead atoms. The predicted molar refractivity (Wildman–Crippen MR) is 81.4 cm³/mol. The van der Waals surface area contributed by atoms with Gasteiger partial charge in [-0.15, -0.1) is 0 Å². The summed E-state index contributed by atoms with van der Waals surface area (Å²) in [5, 5.41) is 2.73. The van der Waals surface area contributed by atoms with Crippen LogP contribution in [0.3, 0.4) is 0 Å². The SMILES string of the molecule is CCOC(=O)C[C@H]1C(=O)NCCN1Cc1ccc(OC)cc1F. The topological polar surface area (TPSA) is 67.9 Å². The van der Waals surface area contributed by atoms with Crippen molar-refractivity contribution in [2.75, 3.05) is 26.8 Å². The van der Waals surface area contributed by atoms with Gasteiger partial charge in [-0.3, -0.25) is 14.5 Å². The number of esters is 1. The molecular weight excluding hydrogens is 303 g/mol. The zero-order valence-corrected chi connectivity index (χ0v) is 13.3. The van der Waals surface area contributed by atoms with E-state index in [0.717, 1.165) is 0 Å².